The number of nitro groups is 1. The average molecular weight is 501 g/mol. The first-order valence-corrected chi connectivity index (χ1v) is 10.5. The molecule has 33 heavy (non-hydrogen) atoms. The molecular weight excluding hydrogens is 489 g/mol. The largest absolute Gasteiger partial charge is 0.438 e. The number of halogens is 3. The van der Waals surface area contributed by atoms with E-state index in [2.05, 4.69) is 19.9 Å². The summed E-state index contributed by atoms with van der Waals surface area (Å²) in [4.78, 5) is 26.2. The smallest absolute Gasteiger partial charge is 0.273 e. The zero-order valence-electron chi connectivity index (χ0n) is 16.5. The second-order valence-corrected chi connectivity index (χ2v) is 7.51. The fourth-order valence-corrected chi connectivity index (χ4v) is 3.51. The van der Waals surface area contributed by atoms with E-state index in [4.69, 9.17) is 39.5 Å². The van der Waals surface area contributed by atoms with Crippen LogP contribution in [0.3, 0.4) is 0 Å². The quantitative estimate of drug-likeness (QED) is 0.115. The Hall–Kier alpha value is -3.59. The Balaban J connectivity index is 0.000000183. The summed E-state index contributed by atoms with van der Waals surface area (Å²) in [6.07, 6.45) is 0. The number of hydrogen-bond donors (Lipinski definition) is 0. The van der Waals surface area contributed by atoms with Gasteiger partial charge in [-0.3, -0.25) is 10.1 Å². The van der Waals surface area contributed by atoms with Crippen molar-refractivity contribution in [1.29, 1.82) is 0 Å². The van der Waals surface area contributed by atoms with Crippen molar-refractivity contribution < 1.29 is 9.66 Å². The van der Waals surface area contributed by atoms with Gasteiger partial charge in [-0.05, 0) is 53.5 Å². The molecule has 0 N–H and O–H groups in total. The zero-order valence-corrected chi connectivity index (χ0v) is 18.8. The minimum absolute atomic E-state index is 0.0501. The molecule has 2 aromatic heterocycles. The Bertz CT molecular complexity index is 1480. The van der Waals surface area contributed by atoms with Crippen LogP contribution in [0, 0.1) is 10.1 Å². The molecule has 0 amide bonds. The summed E-state index contributed by atoms with van der Waals surface area (Å²) in [5, 5.41) is 12.9. The van der Waals surface area contributed by atoms with Crippen molar-refractivity contribution in [3.63, 3.8) is 0 Å². The summed E-state index contributed by atoms with van der Waals surface area (Å²) in [6.45, 7) is 0. The number of hydrogen-bond acceptors (Lipinski definition) is 7. The van der Waals surface area contributed by atoms with Gasteiger partial charge in [0.25, 0.3) is 5.69 Å². The van der Waals surface area contributed by atoms with Gasteiger partial charge in [0.15, 0.2) is 0 Å². The molecular formula is C22H12Cl3N5O3. The van der Waals surface area contributed by atoms with Crippen LogP contribution in [0.25, 0.3) is 21.8 Å². The van der Waals surface area contributed by atoms with Gasteiger partial charge in [0.1, 0.15) is 10.9 Å². The maximum Gasteiger partial charge on any atom is 0.273 e. The lowest BCUT2D eigenvalue weighted by atomic mass is 10.2. The molecule has 5 rings (SSSR count). The van der Waals surface area contributed by atoms with Crippen LogP contribution in [0.2, 0.25) is 15.7 Å². The Morgan fingerprint density at radius 1 is 0.727 bits per heavy atom. The van der Waals surface area contributed by atoms with Gasteiger partial charge in [-0.1, -0.05) is 41.9 Å². The van der Waals surface area contributed by atoms with Crippen LogP contribution in [0.4, 0.5) is 5.69 Å². The maximum atomic E-state index is 10.8. The minimum Gasteiger partial charge on any atom is -0.438 e. The molecule has 0 aliphatic heterocycles. The molecule has 0 fully saturated rings. The van der Waals surface area contributed by atoms with E-state index in [1.807, 2.05) is 36.4 Å². The summed E-state index contributed by atoms with van der Waals surface area (Å²) in [5.74, 6) is 0.565. The van der Waals surface area contributed by atoms with E-state index in [9.17, 15) is 10.1 Å². The number of rotatable bonds is 3. The van der Waals surface area contributed by atoms with Crippen molar-refractivity contribution >= 4 is 62.3 Å². The predicted molar refractivity (Wildman–Crippen MR) is 127 cm³/mol. The Morgan fingerprint density at radius 2 is 1.33 bits per heavy atom. The fraction of sp³-hybridized carbons (Fsp3) is 0. The van der Waals surface area contributed by atoms with Crippen LogP contribution in [0.15, 0.2) is 72.8 Å². The van der Waals surface area contributed by atoms with Crippen LogP contribution in [0.5, 0.6) is 11.6 Å². The molecule has 0 aliphatic carbocycles. The van der Waals surface area contributed by atoms with Crippen molar-refractivity contribution in [1.82, 2.24) is 19.9 Å². The van der Waals surface area contributed by atoms with Crippen LogP contribution in [-0.4, -0.2) is 24.9 Å². The molecule has 0 saturated carbocycles. The first-order chi connectivity index (χ1) is 15.9. The van der Waals surface area contributed by atoms with Crippen molar-refractivity contribution in [3.8, 4) is 11.6 Å². The van der Waals surface area contributed by atoms with Crippen LogP contribution < -0.4 is 4.74 Å². The van der Waals surface area contributed by atoms with E-state index in [0.29, 0.717) is 21.8 Å². The highest BCUT2D eigenvalue weighted by Crippen LogP contribution is 2.30. The molecule has 0 atom stereocenters. The van der Waals surface area contributed by atoms with Gasteiger partial charge in [-0.25, -0.2) is 15.0 Å². The first-order valence-electron chi connectivity index (χ1n) is 9.33. The predicted octanol–water partition coefficient (Wildman–Crippen LogP) is 6.92. The lowest BCUT2D eigenvalue weighted by Gasteiger charge is -2.07. The number of nitro benzene ring substituents is 1. The number of aromatic nitrogens is 4. The molecule has 2 heterocycles. The van der Waals surface area contributed by atoms with E-state index in [1.165, 1.54) is 12.1 Å². The molecule has 0 saturated heterocycles. The number of nitrogens with zero attached hydrogens (tertiary/aromatic N) is 5. The van der Waals surface area contributed by atoms with Crippen molar-refractivity contribution in [2.75, 3.05) is 0 Å². The molecule has 0 radical (unpaired) electrons. The minimum atomic E-state index is -0.488. The zero-order chi connectivity index (χ0) is 23.4. The van der Waals surface area contributed by atoms with E-state index >= 15 is 0 Å². The maximum absolute atomic E-state index is 10.8. The molecule has 3 aromatic carbocycles. The SMILES string of the molecule is Clc1nc(Cl)c2ccccc2n1.O=[N+]([O-])c1cccc(Oc2nc(Cl)nc3ccccc23)c1. The normalized spacial score (nSPS) is 10.5. The van der Waals surface area contributed by atoms with Crippen molar-refractivity contribution in [2.45, 2.75) is 0 Å². The number of ether oxygens (including phenoxy) is 1. The first kappa shape index (κ1) is 22.6. The second-order valence-electron chi connectivity index (χ2n) is 6.47. The third-order valence-corrected chi connectivity index (χ3v) is 4.94. The Kier molecular flexibility index (Phi) is 6.79. The molecule has 0 bridgehead atoms. The summed E-state index contributed by atoms with van der Waals surface area (Å²) in [6, 6.07) is 20.5. The van der Waals surface area contributed by atoms with E-state index < -0.39 is 4.92 Å². The molecule has 8 nitrogen and oxygen atoms in total. The van der Waals surface area contributed by atoms with Gasteiger partial charge in [0.05, 0.1) is 27.4 Å². The van der Waals surface area contributed by atoms with E-state index in [0.717, 1.165) is 10.9 Å². The van der Waals surface area contributed by atoms with Gasteiger partial charge in [-0.15, -0.1) is 0 Å². The van der Waals surface area contributed by atoms with Crippen molar-refractivity contribution in [2.24, 2.45) is 0 Å². The summed E-state index contributed by atoms with van der Waals surface area (Å²) < 4.78 is 5.62. The molecule has 0 aliphatic rings. The van der Waals surface area contributed by atoms with E-state index in [-0.39, 0.29) is 22.1 Å². The monoisotopic (exact) mass is 499 g/mol. The Labute approximate surface area is 201 Å². The standard InChI is InChI=1S/C14H8ClN3O3.C8H4Cl2N2/c15-14-16-12-7-2-1-6-11(12)13(17-14)21-10-5-3-4-9(8-10)18(19)20;9-7-5-3-1-2-4-6(5)11-8(10)12-7/h1-8H;1-4H. The lowest BCUT2D eigenvalue weighted by molar-refractivity contribution is -0.384. The highest BCUT2D eigenvalue weighted by Gasteiger charge is 2.11. The number of para-hydroxylation sites is 2. The summed E-state index contributed by atoms with van der Waals surface area (Å²) in [5.41, 5.74) is 1.34. The highest BCUT2D eigenvalue weighted by atomic mass is 35.5. The van der Waals surface area contributed by atoms with Crippen LogP contribution in [-0.2, 0) is 0 Å². The number of fused-ring (bicyclic) bond motifs is 2. The average Bonchev–Trinajstić information content (AvgIpc) is 2.79. The number of benzene rings is 3. The van der Waals surface area contributed by atoms with Crippen molar-refractivity contribution in [3.05, 3.63) is 98.6 Å². The molecule has 5 aromatic rings. The summed E-state index contributed by atoms with van der Waals surface area (Å²) in [7, 11) is 0. The lowest BCUT2D eigenvalue weighted by Crippen LogP contribution is -1.94. The highest BCUT2D eigenvalue weighted by molar-refractivity contribution is 6.35. The topological polar surface area (TPSA) is 104 Å². The van der Waals surface area contributed by atoms with Gasteiger partial charge >= 0.3 is 0 Å². The van der Waals surface area contributed by atoms with Gasteiger partial charge in [-0.2, -0.15) is 4.98 Å². The van der Waals surface area contributed by atoms with Crippen LogP contribution in [0.1, 0.15) is 0 Å². The second kappa shape index (κ2) is 9.91. The molecule has 11 heteroatoms. The van der Waals surface area contributed by atoms with Gasteiger partial charge in [0.2, 0.25) is 16.4 Å². The molecule has 0 unspecified atom stereocenters. The van der Waals surface area contributed by atoms with E-state index in [1.54, 1.807) is 24.3 Å². The van der Waals surface area contributed by atoms with Gasteiger partial charge in [0, 0.05) is 11.5 Å². The van der Waals surface area contributed by atoms with Crippen LogP contribution >= 0.6 is 34.8 Å². The molecule has 164 valence electrons. The number of non-ortho nitro benzene ring substituents is 1. The Morgan fingerprint density at radius 3 is 2.03 bits per heavy atom. The third kappa shape index (κ3) is 5.43. The molecule has 0 spiro atoms. The van der Waals surface area contributed by atoms with Gasteiger partial charge < -0.3 is 4.74 Å². The fourth-order valence-electron chi connectivity index (χ4n) is 2.88. The third-order valence-electron chi connectivity index (χ3n) is 4.31. The summed E-state index contributed by atoms with van der Waals surface area (Å²) >= 11 is 17.3.